The molecule has 2 aromatic rings. The molecule has 1 unspecified atom stereocenters. The minimum atomic E-state index is -4.45. The first-order chi connectivity index (χ1) is 14.9. The van der Waals surface area contributed by atoms with Crippen LogP contribution in [-0.2, 0) is 26.1 Å². The molecule has 0 saturated carbocycles. The van der Waals surface area contributed by atoms with E-state index in [0.29, 0.717) is 6.42 Å². The number of hydrogen-bond donors (Lipinski definition) is 0. The molecule has 0 aromatic heterocycles. The maximum Gasteiger partial charge on any atom is 0.414 e. The van der Waals surface area contributed by atoms with Gasteiger partial charge in [0.15, 0.2) is 33.1 Å². The lowest BCUT2D eigenvalue weighted by atomic mass is 10.0. The second kappa shape index (κ2) is 8.68. The van der Waals surface area contributed by atoms with E-state index in [4.69, 9.17) is 4.74 Å². The van der Waals surface area contributed by atoms with Crippen molar-refractivity contribution < 1.29 is 39.9 Å². The first-order valence-electron chi connectivity index (χ1n) is 9.70. The van der Waals surface area contributed by atoms with Gasteiger partial charge >= 0.3 is 6.09 Å². The zero-order valence-electron chi connectivity index (χ0n) is 17.4. The summed E-state index contributed by atoms with van der Waals surface area (Å²) in [5.41, 5.74) is -2.34. The Bertz CT molecular complexity index is 1170. The van der Waals surface area contributed by atoms with Crippen molar-refractivity contribution >= 4 is 21.6 Å². The van der Waals surface area contributed by atoms with E-state index in [0.717, 1.165) is 13.0 Å². The molecule has 174 valence electrons. The van der Waals surface area contributed by atoms with Gasteiger partial charge in [-0.3, -0.25) is 4.90 Å². The van der Waals surface area contributed by atoms with Gasteiger partial charge in [-0.15, -0.1) is 0 Å². The van der Waals surface area contributed by atoms with Gasteiger partial charge in [0.2, 0.25) is 0 Å². The highest BCUT2D eigenvalue weighted by atomic mass is 32.2. The number of benzene rings is 2. The molecule has 11 heteroatoms. The number of nitrogens with zero attached hydrogens (tertiary/aromatic N) is 1. The molecule has 3 rings (SSSR count). The quantitative estimate of drug-likeness (QED) is 0.422. The number of carbonyl (C=O) groups is 1. The molecule has 0 aliphatic carbocycles. The van der Waals surface area contributed by atoms with Crippen molar-refractivity contribution in [2.24, 2.45) is 0 Å². The number of carbonyl (C=O) groups excluding carboxylic acids is 1. The van der Waals surface area contributed by atoms with Crippen molar-refractivity contribution in [2.75, 3.05) is 11.4 Å². The summed E-state index contributed by atoms with van der Waals surface area (Å²) in [6.07, 6.45) is -1.11. The largest absolute Gasteiger partial charge is 0.441 e. The van der Waals surface area contributed by atoms with Crippen LogP contribution >= 0.6 is 0 Å². The lowest BCUT2D eigenvalue weighted by Crippen LogP contribution is -2.38. The summed E-state index contributed by atoms with van der Waals surface area (Å²) >= 11 is 0. The average Bonchev–Trinajstić information content (AvgIpc) is 2.72. The fourth-order valence-electron chi connectivity index (χ4n) is 3.59. The number of cyclic esters (lactones) is 1. The Kier molecular flexibility index (Phi) is 6.50. The van der Waals surface area contributed by atoms with Gasteiger partial charge in [-0.25, -0.2) is 35.2 Å². The van der Waals surface area contributed by atoms with Crippen molar-refractivity contribution in [1.82, 2.24) is 0 Å². The molecule has 0 saturated heterocycles. The molecule has 1 aliphatic heterocycles. The smallest absolute Gasteiger partial charge is 0.414 e. The summed E-state index contributed by atoms with van der Waals surface area (Å²) in [5, 5.41) is 0. The second-order valence-corrected chi connectivity index (χ2v) is 9.61. The summed E-state index contributed by atoms with van der Waals surface area (Å²) in [5.74, 6) is -10.3. The first-order valence-corrected chi connectivity index (χ1v) is 11.5. The predicted molar refractivity (Wildman–Crippen MR) is 106 cm³/mol. The Labute approximate surface area is 181 Å². The van der Waals surface area contributed by atoms with Crippen molar-refractivity contribution in [3.8, 4) is 0 Å². The highest BCUT2D eigenvalue weighted by molar-refractivity contribution is 7.89. The maximum absolute atomic E-state index is 15.2. The van der Waals surface area contributed by atoms with E-state index < -0.39 is 73.8 Å². The van der Waals surface area contributed by atoms with Crippen LogP contribution < -0.4 is 4.90 Å². The number of anilines is 1. The van der Waals surface area contributed by atoms with Gasteiger partial charge in [0.25, 0.3) is 0 Å². The molecule has 1 heterocycles. The van der Waals surface area contributed by atoms with E-state index in [-0.39, 0.29) is 23.4 Å². The molecule has 0 spiro atoms. The van der Waals surface area contributed by atoms with Crippen LogP contribution in [-0.4, -0.2) is 21.1 Å². The van der Waals surface area contributed by atoms with Gasteiger partial charge < -0.3 is 4.74 Å². The first kappa shape index (κ1) is 24.0. The van der Waals surface area contributed by atoms with Crippen LogP contribution in [0.3, 0.4) is 0 Å². The van der Waals surface area contributed by atoms with E-state index in [2.05, 4.69) is 0 Å². The number of rotatable bonds is 6. The van der Waals surface area contributed by atoms with E-state index in [9.17, 15) is 30.8 Å². The third-order valence-electron chi connectivity index (χ3n) is 5.19. The van der Waals surface area contributed by atoms with Gasteiger partial charge in [-0.2, -0.15) is 0 Å². The molecular weight excluding hydrogens is 457 g/mol. The lowest BCUT2D eigenvalue weighted by molar-refractivity contribution is 0.105. The van der Waals surface area contributed by atoms with Crippen LogP contribution in [0.5, 0.6) is 0 Å². The predicted octanol–water partition coefficient (Wildman–Crippen LogP) is 5.23. The third-order valence-corrected chi connectivity index (χ3v) is 6.67. The van der Waals surface area contributed by atoms with Gasteiger partial charge in [-0.05, 0) is 26.3 Å². The zero-order valence-corrected chi connectivity index (χ0v) is 18.3. The summed E-state index contributed by atoms with van der Waals surface area (Å²) < 4.78 is 101. The van der Waals surface area contributed by atoms with Gasteiger partial charge in [0.05, 0.1) is 22.8 Å². The Morgan fingerprint density at radius 2 is 1.56 bits per heavy atom. The molecule has 2 aromatic carbocycles. The topological polar surface area (TPSA) is 63.7 Å². The molecule has 0 radical (unpaired) electrons. The lowest BCUT2D eigenvalue weighted by Gasteiger charge is -2.33. The minimum absolute atomic E-state index is 0.0319. The fourth-order valence-corrected chi connectivity index (χ4v) is 5.08. The number of sulfone groups is 1. The van der Waals surface area contributed by atoms with Gasteiger partial charge in [-0.1, -0.05) is 13.0 Å². The molecule has 0 fully saturated rings. The summed E-state index contributed by atoms with van der Waals surface area (Å²) in [4.78, 5) is 13.3. The monoisotopic (exact) mass is 477 g/mol. The third kappa shape index (κ3) is 4.17. The number of halogens is 5. The van der Waals surface area contributed by atoms with Crippen LogP contribution in [0.25, 0.3) is 0 Å². The molecule has 0 bridgehead atoms. The van der Waals surface area contributed by atoms with Crippen LogP contribution in [0, 0.1) is 36.0 Å². The Balaban J connectivity index is 1.98. The Morgan fingerprint density at radius 3 is 2.12 bits per heavy atom. The number of ether oxygens (including phenoxy) is 1. The van der Waals surface area contributed by atoms with Gasteiger partial charge in [0.1, 0.15) is 11.9 Å². The van der Waals surface area contributed by atoms with Crippen molar-refractivity contribution in [2.45, 2.75) is 44.8 Å². The number of hydrogen-bond acceptors (Lipinski definition) is 4. The normalized spacial score (nSPS) is 16.2. The van der Waals surface area contributed by atoms with E-state index in [1.54, 1.807) is 6.92 Å². The standard InChI is InChI=1S/C21H20F5NO4S/c1-4-7-27-14-6-5-12(18(24)15(14)11(3)31-21(27)28)8-32(29,30)9-13-19(25)16(22)10(2)17(23)20(13)26/h5-6,11H,4,7-9H2,1-3H3. The fraction of sp³-hybridized carbons (Fsp3) is 0.381. The van der Waals surface area contributed by atoms with Crippen LogP contribution in [0.15, 0.2) is 12.1 Å². The Hall–Kier alpha value is -2.69. The highest BCUT2D eigenvalue weighted by Gasteiger charge is 2.34. The molecular formula is C21H20F5NO4S. The van der Waals surface area contributed by atoms with Crippen molar-refractivity contribution in [1.29, 1.82) is 0 Å². The summed E-state index contributed by atoms with van der Waals surface area (Å²) in [6, 6.07) is 2.50. The molecule has 1 atom stereocenters. The van der Waals surface area contributed by atoms with Crippen molar-refractivity contribution in [3.63, 3.8) is 0 Å². The van der Waals surface area contributed by atoms with E-state index >= 15 is 4.39 Å². The van der Waals surface area contributed by atoms with Crippen molar-refractivity contribution in [3.05, 3.63) is 63.5 Å². The minimum Gasteiger partial charge on any atom is -0.441 e. The number of fused-ring (bicyclic) bond motifs is 1. The molecule has 5 nitrogen and oxygen atoms in total. The zero-order chi connectivity index (χ0) is 24.0. The molecule has 0 N–H and O–H groups in total. The van der Waals surface area contributed by atoms with E-state index in [1.165, 1.54) is 17.9 Å². The molecule has 1 aliphatic rings. The van der Waals surface area contributed by atoms with Crippen LogP contribution in [0.4, 0.5) is 32.4 Å². The molecule has 1 amide bonds. The summed E-state index contributed by atoms with van der Waals surface area (Å²) in [6.45, 7) is 4.29. The number of amides is 1. The second-order valence-electron chi connectivity index (χ2n) is 7.54. The SMILES string of the molecule is CCCN1C(=O)OC(C)c2c1ccc(CS(=O)(=O)Cc1c(F)c(F)c(C)c(F)c1F)c2F. The van der Waals surface area contributed by atoms with Crippen LogP contribution in [0.2, 0.25) is 0 Å². The summed E-state index contributed by atoms with van der Waals surface area (Å²) in [7, 11) is -4.45. The maximum atomic E-state index is 15.2. The average molecular weight is 477 g/mol. The highest BCUT2D eigenvalue weighted by Crippen LogP contribution is 2.38. The van der Waals surface area contributed by atoms with Crippen LogP contribution in [0.1, 0.15) is 48.6 Å². The van der Waals surface area contributed by atoms with E-state index in [1.807, 2.05) is 0 Å². The Morgan fingerprint density at radius 1 is 0.969 bits per heavy atom. The molecule has 32 heavy (non-hydrogen) atoms. The van der Waals surface area contributed by atoms with Gasteiger partial charge in [0, 0.05) is 23.2 Å².